The van der Waals surface area contributed by atoms with Gasteiger partial charge >= 0.3 is 0 Å². The Morgan fingerprint density at radius 1 is 1.43 bits per heavy atom. The van der Waals surface area contributed by atoms with E-state index in [2.05, 4.69) is 46.7 Å². The maximum atomic E-state index is 11.7. The summed E-state index contributed by atoms with van der Waals surface area (Å²) in [5, 5.41) is 6.03. The second-order valence-electron chi connectivity index (χ2n) is 5.39. The molecule has 5 heteroatoms. The molecule has 1 aromatic carbocycles. The molecule has 0 saturated heterocycles. The van der Waals surface area contributed by atoms with Crippen LogP contribution in [0.4, 0.5) is 5.69 Å². The summed E-state index contributed by atoms with van der Waals surface area (Å²) in [5.74, 6) is 0.0328. The van der Waals surface area contributed by atoms with Crippen molar-refractivity contribution in [1.82, 2.24) is 10.6 Å². The molecular formula is C16H25N3O2. The number of rotatable bonds is 8. The molecule has 1 unspecified atom stereocenters. The zero-order valence-electron chi connectivity index (χ0n) is 12.9. The van der Waals surface area contributed by atoms with Crippen LogP contribution < -0.4 is 15.5 Å². The van der Waals surface area contributed by atoms with Gasteiger partial charge in [0.1, 0.15) is 0 Å². The first-order chi connectivity index (χ1) is 10.2. The molecule has 1 atom stereocenters. The Morgan fingerprint density at radius 2 is 2.24 bits per heavy atom. The predicted octanol–water partition coefficient (Wildman–Crippen LogP) is 0.790. The van der Waals surface area contributed by atoms with E-state index < -0.39 is 0 Å². The maximum Gasteiger partial charge on any atom is 0.234 e. The molecule has 0 aliphatic carbocycles. The van der Waals surface area contributed by atoms with Crippen LogP contribution in [0, 0.1) is 0 Å². The number of fused-ring (bicyclic) bond motifs is 1. The van der Waals surface area contributed by atoms with E-state index >= 15 is 0 Å². The average Bonchev–Trinajstić information content (AvgIpc) is 2.93. The first-order valence-corrected chi connectivity index (χ1v) is 7.53. The number of benzene rings is 1. The fraction of sp³-hybridized carbons (Fsp3) is 0.562. The molecule has 0 fully saturated rings. The van der Waals surface area contributed by atoms with Crippen molar-refractivity contribution in [3.63, 3.8) is 0 Å². The lowest BCUT2D eigenvalue weighted by atomic mass is 10.2. The molecule has 5 nitrogen and oxygen atoms in total. The molecule has 116 valence electrons. The first kappa shape index (κ1) is 15.8. The number of carbonyl (C=O) groups is 1. The highest BCUT2D eigenvalue weighted by molar-refractivity contribution is 5.78. The highest BCUT2D eigenvalue weighted by atomic mass is 16.5. The van der Waals surface area contributed by atoms with Crippen molar-refractivity contribution in [2.45, 2.75) is 19.4 Å². The second kappa shape index (κ2) is 8.00. The number of methoxy groups -OCH3 is 1. The van der Waals surface area contributed by atoms with Crippen LogP contribution in [0.1, 0.15) is 12.5 Å². The lowest BCUT2D eigenvalue weighted by Crippen LogP contribution is -2.44. The Hall–Kier alpha value is -1.59. The molecule has 0 radical (unpaired) electrons. The van der Waals surface area contributed by atoms with Crippen molar-refractivity contribution in [1.29, 1.82) is 0 Å². The Bertz CT molecular complexity index is 465. The maximum absolute atomic E-state index is 11.7. The highest BCUT2D eigenvalue weighted by Crippen LogP contribution is 2.28. The van der Waals surface area contributed by atoms with Gasteiger partial charge in [0.25, 0.3) is 0 Å². The van der Waals surface area contributed by atoms with Crippen molar-refractivity contribution in [3.05, 3.63) is 29.8 Å². The van der Waals surface area contributed by atoms with Crippen LogP contribution in [0.5, 0.6) is 0 Å². The van der Waals surface area contributed by atoms with Crippen molar-refractivity contribution >= 4 is 11.6 Å². The number of amides is 1. The van der Waals surface area contributed by atoms with E-state index in [1.807, 2.05) is 0 Å². The summed E-state index contributed by atoms with van der Waals surface area (Å²) in [6.07, 6.45) is 1.09. The van der Waals surface area contributed by atoms with Gasteiger partial charge in [-0.05, 0) is 25.0 Å². The molecule has 0 bridgehead atoms. The molecule has 1 heterocycles. The number of hydrogen-bond donors (Lipinski definition) is 2. The van der Waals surface area contributed by atoms with Crippen molar-refractivity contribution < 1.29 is 9.53 Å². The van der Waals surface area contributed by atoms with E-state index in [0.717, 1.165) is 13.0 Å². The van der Waals surface area contributed by atoms with Gasteiger partial charge in [-0.25, -0.2) is 0 Å². The third-order valence-corrected chi connectivity index (χ3v) is 3.82. The van der Waals surface area contributed by atoms with Crippen molar-refractivity contribution in [2.75, 3.05) is 44.8 Å². The van der Waals surface area contributed by atoms with Gasteiger partial charge in [0.05, 0.1) is 13.2 Å². The van der Waals surface area contributed by atoms with E-state index in [-0.39, 0.29) is 5.91 Å². The minimum atomic E-state index is 0.0328. The first-order valence-electron chi connectivity index (χ1n) is 7.53. The van der Waals surface area contributed by atoms with Gasteiger partial charge in [-0.1, -0.05) is 18.2 Å². The van der Waals surface area contributed by atoms with E-state index in [1.165, 1.54) is 11.3 Å². The smallest absolute Gasteiger partial charge is 0.234 e. The third-order valence-electron chi connectivity index (χ3n) is 3.82. The van der Waals surface area contributed by atoms with Crippen molar-refractivity contribution in [2.24, 2.45) is 0 Å². The normalized spacial score (nSPS) is 14.9. The molecule has 1 amide bonds. The van der Waals surface area contributed by atoms with Gasteiger partial charge in [-0.15, -0.1) is 0 Å². The standard InChI is InChI=1S/C16H25N3O2/c1-13(11-18-16(20)12-17-8-10-21-2)19-9-7-14-5-3-4-6-15(14)19/h3-6,13,17H,7-12H2,1-2H3,(H,18,20). The Kier molecular flexibility index (Phi) is 6.02. The van der Waals surface area contributed by atoms with Gasteiger partial charge in [0.15, 0.2) is 0 Å². The van der Waals surface area contributed by atoms with Crippen LogP contribution >= 0.6 is 0 Å². The zero-order chi connectivity index (χ0) is 15.1. The number of nitrogens with one attached hydrogen (secondary N) is 2. The summed E-state index contributed by atoms with van der Waals surface area (Å²) < 4.78 is 4.92. The summed E-state index contributed by atoms with van der Waals surface area (Å²) >= 11 is 0. The Morgan fingerprint density at radius 3 is 3.05 bits per heavy atom. The molecule has 0 aromatic heterocycles. The molecule has 2 N–H and O–H groups in total. The lowest BCUT2D eigenvalue weighted by Gasteiger charge is -2.27. The minimum Gasteiger partial charge on any atom is -0.383 e. The quantitative estimate of drug-likeness (QED) is 0.695. The van der Waals surface area contributed by atoms with Crippen LogP contribution in [0.2, 0.25) is 0 Å². The lowest BCUT2D eigenvalue weighted by molar-refractivity contribution is -0.120. The fourth-order valence-electron chi connectivity index (χ4n) is 2.63. The monoisotopic (exact) mass is 291 g/mol. The number of carbonyl (C=O) groups excluding carboxylic acids is 1. The average molecular weight is 291 g/mol. The number of para-hydroxylation sites is 1. The number of hydrogen-bond acceptors (Lipinski definition) is 4. The molecule has 1 aromatic rings. The predicted molar refractivity (Wildman–Crippen MR) is 84.7 cm³/mol. The van der Waals surface area contributed by atoms with E-state index in [9.17, 15) is 4.79 Å². The second-order valence-corrected chi connectivity index (χ2v) is 5.39. The largest absolute Gasteiger partial charge is 0.383 e. The van der Waals surface area contributed by atoms with Crippen LogP contribution in [-0.4, -0.2) is 51.8 Å². The van der Waals surface area contributed by atoms with E-state index in [0.29, 0.717) is 32.3 Å². The third kappa shape index (κ3) is 4.44. The molecule has 0 spiro atoms. The number of anilines is 1. The summed E-state index contributed by atoms with van der Waals surface area (Å²) in [6, 6.07) is 8.80. The number of nitrogens with zero attached hydrogens (tertiary/aromatic N) is 1. The minimum absolute atomic E-state index is 0.0328. The van der Waals surface area contributed by atoms with Crippen molar-refractivity contribution in [3.8, 4) is 0 Å². The zero-order valence-corrected chi connectivity index (χ0v) is 12.9. The Labute approximate surface area is 126 Å². The molecule has 2 rings (SSSR count). The van der Waals surface area contributed by atoms with E-state index in [4.69, 9.17) is 4.74 Å². The molecule has 21 heavy (non-hydrogen) atoms. The van der Waals surface area contributed by atoms with Gasteiger partial charge in [0.2, 0.25) is 5.91 Å². The molecule has 1 aliphatic rings. The van der Waals surface area contributed by atoms with Crippen LogP contribution in [0.15, 0.2) is 24.3 Å². The number of ether oxygens (including phenoxy) is 1. The van der Waals surface area contributed by atoms with Gasteiger partial charge in [-0.2, -0.15) is 0 Å². The summed E-state index contributed by atoms with van der Waals surface area (Å²) in [5.41, 5.74) is 2.70. The molecule has 1 aliphatic heterocycles. The molecule has 0 saturated carbocycles. The van der Waals surface area contributed by atoms with Crippen LogP contribution in [0.3, 0.4) is 0 Å². The topological polar surface area (TPSA) is 53.6 Å². The summed E-state index contributed by atoms with van der Waals surface area (Å²) in [4.78, 5) is 14.1. The summed E-state index contributed by atoms with van der Waals surface area (Å²) in [7, 11) is 1.65. The van der Waals surface area contributed by atoms with Gasteiger partial charge in [0, 0.05) is 38.5 Å². The van der Waals surface area contributed by atoms with Crippen LogP contribution in [-0.2, 0) is 16.0 Å². The Balaban J connectivity index is 1.73. The summed E-state index contributed by atoms with van der Waals surface area (Å²) in [6.45, 7) is 5.50. The SMILES string of the molecule is COCCNCC(=O)NCC(C)N1CCc2ccccc21. The van der Waals surface area contributed by atoms with Gasteiger partial charge < -0.3 is 20.3 Å². The van der Waals surface area contributed by atoms with E-state index in [1.54, 1.807) is 7.11 Å². The molecular weight excluding hydrogens is 266 g/mol. The van der Waals surface area contributed by atoms with Crippen LogP contribution in [0.25, 0.3) is 0 Å². The fourth-order valence-corrected chi connectivity index (χ4v) is 2.63. The highest BCUT2D eigenvalue weighted by Gasteiger charge is 2.22. The van der Waals surface area contributed by atoms with Gasteiger partial charge in [-0.3, -0.25) is 4.79 Å².